The van der Waals surface area contributed by atoms with Crippen LogP contribution in [0.2, 0.25) is 0 Å². The quantitative estimate of drug-likeness (QED) is 0.413. The molecule has 1 aliphatic heterocycles. The van der Waals surface area contributed by atoms with Gasteiger partial charge in [0, 0.05) is 17.3 Å². The minimum Gasteiger partial charge on any atom is -0.493 e. The number of para-hydroxylation sites is 1. The summed E-state index contributed by atoms with van der Waals surface area (Å²) in [5.74, 6) is 1.25. The third-order valence-corrected chi connectivity index (χ3v) is 5.65. The van der Waals surface area contributed by atoms with E-state index in [0.717, 1.165) is 5.69 Å². The monoisotopic (exact) mass is 509 g/mol. The summed E-state index contributed by atoms with van der Waals surface area (Å²) in [5.41, 5.74) is 2.31. The van der Waals surface area contributed by atoms with Crippen molar-refractivity contribution >= 4 is 17.5 Å². The van der Waals surface area contributed by atoms with E-state index in [9.17, 15) is 4.79 Å². The number of hydrogen-bond donors (Lipinski definition) is 1. The SMILES string of the molecule is COc1cc(-c2nc(C)cc(Nc3ccccc3C(=O)OCC3COC(C)(C)O3)n2)cc(OC)c1OC. The van der Waals surface area contributed by atoms with Gasteiger partial charge in [-0.15, -0.1) is 0 Å². The molecule has 0 amide bonds. The summed E-state index contributed by atoms with van der Waals surface area (Å²) in [7, 11) is 4.64. The fourth-order valence-electron chi connectivity index (χ4n) is 3.97. The zero-order chi connectivity index (χ0) is 26.6. The van der Waals surface area contributed by atoms with E-state index in [4.69, 9.17) is 28.4 Å². The van der Waals surface area contributed by atoms with Crippen LogP contribution >= 0.6 is 0 Å². The molecule has 3 aromatic rings. The Labute approximate surface area is 215 Å². The van der Waals surface area contributed by atoms with E-state index >= 15 is 0 Å². The first-order valence-corrected chi connectivity index (χ1v) is 11.7. The Morgan fingerprint density at radius 3 is 2.38 bits per heavy atom. The van der Waals surface area contributed by atoms with Crippen molar-refractivity contribution in [1.29, 1.82) is 0 Å². The highest BCUT2D eigenvalue weighted by molar-refractivity contribution is 5.96. The molecule has 0 aliphatic carbocycles. The molecule has 10 heteroatoms. The van der Waals surface area contributed by atoms with Crippen molar-refractivity contribution in [1.82, 2.24) is 9.97 Å². The molecule has 1 aliphatic rings. The molecule has 1 saturated heterocycles. The van der Waals surface area contributed by atoms with Crippen LogP contribution in [0, 0.1) is 6.92 Å². The second kappa shape index (κ2) is 11.0. The summed E-state index contributed by atoms with van der Waals surface area (Å²) in [6.45, 7) is 5.96. The lowest BCUT2D eigenvalue weighted by molar-refractivity contribution is -0.142. The third-order valence-electron chi connectivity index (χ3n) is 5.65. The van der Waals surface area contributed by atoms with Gasteiger partial charge in [-0.2, -0.15) is 0 Å². The molecule has 1 aromatic heterocycles. The highest BCUT2D eigenvalue weighted by atomic mass is 16.7. The Bertz CT molecular complexity index is 1250. The average Bonchev–Trinajstić information content (AvgIpc) is 3.24. The summed E-state index contributed by atoms with van der Waals surface area (Å²) in [6, 6.07) is 12.4. The van der Waals surface area contributed by atoms with Crippen molar-refractivity contribution in [3.8, 4) is 28.6 Å². The molecule has 2 aromatic carbocycles. The molecule has 1 N–H and O–H groups in total. The molecule has 196 valence electrons. The fraction of sp³-hybridized carbons (Fsp3) is 0.370. The molecule has 1 fully saturated rings. The Morgan fingerprint density at radius 1 is 1.05 bits per heavy atom. The number of aryl methyl sites for hydroxylation is 1. The Balaban J connectivity index is 1.57. The number of nitrogens with one attached hydrogen (secondary N) is 1. The van der Waals surface area contributed by atoms with Crippen LogP contribution in [-0.2, 0) is 14.2 Å². The fourth-order valence-corrected chi connectivity index (χ4v) is 3.97. The van der Waals surface area contributed by atoms with Gasteiger partial charge in [-0.25, -0.2) is 14.8 Å². The second-order valence-electron chi connectivity index (χ2n) is 8.85. The van der Waals surface area contributed by atoms with Gasteiger partial charge < -0.3 is 33.7 Å². The van der Waals surface area contributed by atoms with Crippen molar-refractivity contribution in [2.24, 2.45) is 0 Å². The van der Waals surface area contributed by atoms with Gasteiger partial charge in [0.25, 0.3) is 0 Å². The second-order valence-corrected chi connectivity index (χ2v) is 8.85. The van der Waals surface area contributed by atoms with Crippen LogP contribution < -0.4 is 19.5 Å². The number of anilines is 2. The van der Waals surface area contributed by atoms with Gasteiger partial charge in [0.05, 0.1) is 39.2 Å². The minimum absolute atomic E-state index is 0.0918. The maximum Gasteiger partial charge on any atom is 0.340 e. The lowest BCUT2D eigenvalue weighted by atomic mass is 10.1. The molecule has 37 heavy (non-hydrogen) atoms. The van der Waals surface area contributed by atoms with Crippen molar-refractivity contribution in [2.75, 3.05) is 39.9 Å². The smallest absolute Gasteiger partial charge is 0.340 e. The van der Waals surface area contributed by atoms with Crippen LogP contribution in [-0.4, -0.2) is 62.4 Å². The lowest BCUT2D eigenvalue weighted by Gasteiger charge is -2.17. The first-order valence-electron chi connectivity index (χ1n) is 11.7. The molecule has 0 bridgehead atoms. The van der Waals surface area contributed by atoms with E-state index in [1.54, 1.807) is 57.7 Å². The highest BCUT2D eigenvalue weighted by Gasteiger charge is 2.33. The van der Waals surface area contributed by atoms with E-state index < -0.39 is 11.8 Å². The first kappa shape index (κ1) is 26.2. The van der Waals surface area contributed by atoms with E-state index in [-0.39, 0.29) is 12.7 Å². The molecule has 10 nitrogen and oxygen atoms in total. The van der Waals surface area contributed by atoms with E-state index in [0.29, 0.717) is 52.3 Å². The van der Waals surface area contributed by atoms with Crippen molar-refractivity contribution in [3.05, 3.63) is 53.7 Å². The summed E-state index contributed by atoms with van der Waals surface area (Å²) in [6.07, 6.45) is -0.315. The maximum atomic E-state index is 12.9. The van der Waals surface area contributed by atoms with Crippen LogP contribution in [0.25, 0.3) is 11.4 Å². The van der Waals surface area contributed by atoms with Crippen molar-refractivity contribution in [2.45, 2.75) is 32.7 Å². The molecule has 2 heterocycles. The molecule has 0 radical (unpaired) electrons. The van der Waals surface area contributed by atoms with Crippen LogP contribution in [0.1, 0.15) is 29.9 Å². The van der Waals surface area contributed by atoms with Gasteiger partial charge in [-0.3, -0.25) is 0 Å². The van der Waals surface area contributed by atoms with Gasteiger partial charge in [0.2, 0.25) is 5.75 Å². The average molecular weight is 510 g/mol. The first-order chi connectivity index (χ1) is 17.7. The normalized spacial score (nSPS) is 16.2. The molecule has 1 unspecified atom stereocenters. The van der Waals surface area contributed by atoms with Gasteiger partial charge in [-0.05, 0) is 45.0 Å². The number of esters is 1. The maximum absolute atomic E-state index is 12.9. The number of benzene rings is 2. The van der Waals surface area contributed by atoms with Crippen LogP contribution in [0.3, 0.4) is 0 Å². The Kier molecular flexibility index (Phi) is 7.80. The van der Waals surface area contributed by atoms with Crippen LogP contribution in [0.4, 0.5) is 11.5 Å². The van der Waals surface area contributed by atoms with Gasteiger partial charge in [-0.1, -0.05) is 12.1 Å². The van der Waals surface area contributed by atoms with E-state index in [2.05, 4.69) is 15.3 Å². The molecule has 0 saturated carbocycles. The number of carbonyl (C=O) groups is 1. The standard InChI is InChI=1S/C27H31N3O7/c1-16-11-23(30-25(28-16)17-12-21(32-4)24(34-6)22(13-17)33-5)29-20-10-8-7-9-19(20)26(31)35-14-18-15-36-27(2,3)37-18/h7-13,18H,14-15H2,1-6H3,(H,28,29,30). The molecular weight excluding hydrogens is 478 g/mol. The van der Waals surface area contributed by atoms with Crippen LogP contribution in [0.5, 0.6) is 17.2 Å². The number of nitrogens with zero attached hydrogens (tertiary/aromatic N) is 2. The topological polar surface area (TPSA) is 110 Å². The molecular formula is C27H31N3O7. The zero-order valence-corrected chi connectivity index (χ0v) is 21.8. The van der Waals surface area contributed by atoms with Crippen molar-refractivity contribution in [3.63, 3.8) is 0 Å². The Morgan fingerprint density at radius 2 is 1.76 bits per heavy atom. The predicted octanol–water partition coefficient (Wildman–Crippen LogP) is 4.53. The predicted molar refractivity (Wildman–Crippen MR) is 137 cm³/mol. The lowest BCUT2D eigenvalue weighted by Crippen LogP contribution is -2.25. The third kappa shape index (κ3) is 6.10. The largest absolute Gasteiger partial charge is 0.493 e. The van der Waals surface area contributed by atoms with Gasteiger partial charge >= 0.3 is 5.97 Å². The molecule has 1 atom stereocenters. The summed E-state index contributed by atoms with van der Waals surface area (Å²) in [4.78, 5) is 22.1. The van der Waals surface area contributed by atoms with Gasteiger partial charge in [0.1, 0.15) is 18.5 Å². The molecule has 0 spiro atoms. The number of ether oxygens (including phenoxy) is 6. The van der Waals surface area contributed by atoms with E-state index in [1.165, 1.54) is 0 Å². The van der Waals surface area contributed by atoms with Crippen LogP contribution in [0.15, 0.2) is 42.5 Å². The van der Waals surface area contributed by atoms with Gasteiger partial charge in [0.15, 0.2) is 23.1 Å². The molecule has 4 rings (SSSR count). The number of rotatable bonds is 9. The number of methoxy groups -OCH3 is 3. The summed E-state index contributed by atoms with van der Waals surface area (Å²) >= 11 is 0. The highest BCUT2D eigenvalue weighted by Crippen LogP contribution is 2.40. The van der Waals surface area contributed by atoms with Crippen molar-refractivity contribution < 1.29 is 33.2 Å². The number of aromatic nitrogens is 2. The summed E-state index contributed by atoms with van der Waals surface area (Å²) < 4.78 is 33.1. The summed E-state index contributed by atoms with van der Waals surface area (Å²) in [5, 5.41) is 3.23. The zero-order valence-electron chi connectivity index (χ0n) is 21.8. The minimum atomic E-state index is -0.683. The number of hydrogen-bond acceptors (Lipinski definition) is 10. The number of carbonyl (C=O) groups excluding carboxylic acids is 1. The Hall–Kier alpha value is -3.89. The van der Waals surface area contributed by atoms with E-state index in [1.807, 2.05) is 26.8 Å².